The summed E-state index contributed by atoms with van der Waals surface area (Å²) in [5.74, 6) is 0.735. The van der Waals surface area contributed by atoms with Gasteiger partial charge in [0.2, 0.25) is 0 Å². The maximum Gasteiger partial charge on any atom is 0.265 e. The molecule has 7 heteroatoms. The van der Waals surface area contributed by atoms with E-state index in [9.17, 15) is 4.79 Å². The lowest BCUT2D eigenvalue weighted by atomic mass is 10.3. The van der Waals surface area contributed by atoms with E-state index >= 15 is 0 Å². The van der Waals surface area contributed by atoms with E-state index in [4.69, 9.17) is 4.74 Å². The van der Waals surface area contributed by atoms with Crippen LogP contribution in [0.1, 0.15) is 9.67 Å². The fourth-order valence-electron chi connectivity index (χ4n) is 1.63. The number of hydrogen-bond acceptors (Lipinski definition) is 5. The molecular weight excluding hydrogens is 310 g/mol. The highest BCUT2D eigenvalue weighted by molar-refractivity contribution is 7.12. The molecule has 2 aromatic rings. The largest absolute Gasteiger partial charge is 0.383 e. The summed E-state index contributed by atoms with van der Waals surface area (Å²) in [5, 5.41) is 4.70. The molecule has 0 aliphatic heterocycles. The van der Waals surface area contributed by atoms with Gasteiger partial charge < -0.3 is 15.0 Å². The van der Waals surface area contributed by atoms with Crippen molar-refractivity contribution in [2.75, 3.05) is 37.5 Å². The van der Waals surface area contributed by atoms with E-state index < -0.39 is 0 Å². The zero-order valence-electron chi connectivity index (χ0n) is 11.9. The third kappa shape index (κ3) is 5.00. The molecule has 1 amide bonds. The van der Waals surface area contributed by atoms with Gasteiger partial charge in [-0.2, -0.15) is 0 Å². The van der Waals surface area contributed by atoms with Crippen molar-refractivity contribution in [1.82, 2.24) is 4.98 Å². The smallest absolute Gasteiger partial charge is 0.265 e. The fraction of sp³-hybridized carbons (Fsp3) is 0.286. The van der Waals surface area contributed by atoms with Crippen LogP contribution >= 0.6 is 23.7 Å². The van der Waals surface area contributed by atoms with Gasteiger partial charge in [-0.25, -0.2) is 4.98 Å². The van der Waals surface area contributed by atoms with Crippen LogP contribution < -0.4 is 10.2 Å². The first-order chi connectivity index (χ1) is 9.70. The summed E-state index contributed by atoms with van der Waals surface area (Å²) in [6.45, 7) is 1.42. The number of amides is 1. The predicted octanol–water partition coefficient (Wildman–Crippen LogP) is 2.90. The zero-order valence-corrected chi connectivity index (χ0v) is 13.5. The van der Waals surface area contributed by atoms with Gasteiger partial charge in [0, 0.05) is 20.7 Å². The molecular formula is C14H18ClN3O2S. The van der Waals surface area contributed by atoms with E-state index in [1.807, 2.05) is 35.5 Å². The minimum absolute atomic E-state index is 0. The second-order valence-electron chi connectivity index (χ2n) is 4.25. The van der Waals surface area contributed by atoms with Gasteiger partial charge in [-0.05, 0) is 23.6 Å². The summed E-state index contributed by atoms with van der Waals surface area (Å²) in [6, 6.07) is 7.36. The lowest BCUT2D eigenvalue weighted by Crippen LogP contribution is -2.23. The van der Waals surface area contributed by atoms with Crippen molar-refractivity contribution in [3.63, 3.8) is 0 Å². The first-order valence-electron chi connectivity index (χ1n) is 6.21. The quantitative estimate of drug-likeness (QED) is 0.886. The van der Waals surface area contributed by atoms with Crippen LogP contribution in [-0.4, -0.2) is 38.2 Å². The summed E-state index contributed by atoms with van der Waals surface area (Å²) in [6.07, 6.45) is 1.66. The number of anilines is 2. The molecule has 2 rings (SSSR count). The number of carbonyl (C=O) groups excluding carboxylic acids is 1. The molecule has 114 valence electrons. The first kappa shape index (κ1) is 17.4. The SMILES string of the molecule is COCCN(C)c1ccc(NC(=O)c2cccs2)cn1.Cl. The van der Waals surface area contributed by atoms with Gasteiger partial charge in [0.1, 0.15) is 5.82 Å². The molecule has 0 aromatic carbocycles. The Bertz CT molecular complexity index is 546. The van der Waals surface area contributed by atoms with Crippen molar-refractivity contribution in [3.05, 3.63) is 40.7 Å². The highest BCUT2D eigenvalue weighted by atomic mass is 35.5. The molecule has 1 N–H and O–H groups in total. The molecule has 0 unspecified atom stereocenters. The van der Waals surface area contributed by atoms with E-state index in [0.717, 1.165) is 12.4 Å². The molecule has 0 aliphatic rings. The Morgan fingerprint density at radius 1 is 1.43 bits per heavy atom. The number of methoxy groups -OCH3 is 1. The number of nitrogens with one attached hydrogen (secondary N) is 1. The third-order valence-corrected chi connectivity index (χ3v) is 3.64. The summed E-state index contributed by atoms with van der Waals surface area (Å²) in [7, 11) is 3.62. The van der Waals surface area contributed by atoms with Crippen LogP contribution in [0, 0.1) is 0 Å². The Balaban J connectivity index is 0.00000220. The monoisotopic (exact) mass is 327 g/mol. The summed E-state index contributed by atoms with van der Waals surface area (Å²) >= 11 is 1.41. The number of likely N-dealkylation sites (N-methyl/N-ethyl adjacent to an activating group) is 1. The second-order valence-corrected chi connectivity index (χ2v) is 5.20. The summed E-state index contributed by atoms with van der Waals surface area (Å²) in [4.78, 5) is 18.9. The van der Waals surface area contributed by atoms with Crippen molar-refractivity contribution < 1.29 is 9.53 Å². The van der Waals surface area contributed by atoms with E-state index in [2.05, 4.69) is 10.3 Å². The number of pyridine rings is 1. The average molecular weight is 328 g/mol. The number of ether oxygens (including phenoxy) is 1. The Hall–Kier alpha value is -1.63. The predicted molar refractivity (Wildman–Crippen MR) is 88.9 cm³/mol. The summed E-state index contributed by atoms with van der Waals surface area (Å²) in [5.41, 5.74) is 0.687. The third-order valence-electron chi connectivity index (χ3n) is 2.77. The highest BCUT2D eigenvalue weighted by Gasteiger charge is 2.07. The molecule has 0 radical (unpaired) electrons. The van der Waals surface area contributed by atoms with Crippen LogP contribution in [0.2, 0.25) is 0 Å². The van der Waals surface area contributed by atoms with Gasteiger partial charge >= 0.3 is 0 Å². The molecule has 2 aromatic heterocycles. The van der Waals surface area contributed by atoms with Crippen molar-refractivity contribution in [2.24, 2.45) is 0 Å². The number of rotatable bonds is 6. The molecule has 5 nitrogen and oxygen atoms in total. The zero-order chi connectivity index (χ0) is 14.4. The Morgan fingerprint density at radius 3 is 2.81 bits per heavy atom. The normalized spacial score (nSPS) is 9.81. The van der Waals surface area contributed by atoms with E-state index in [1.54, 1.807) is 19.4 Å². The maximum absolute atomic E-state index is 11.9. The van der Waals surface area contributed by atoms with Crippen molar-refractivity contribution in [2.45, 2.75) is 0 Å². The van der Waals surface area contributed by atoms with Crippen LogP contribution in [-0.2, 0) is 4.74 Å². The second kappa shape index (κ2) is 8.61. The van der Waals surface area contributed by atoms with Crippen LogP contribution in [0.25, 0.3) is 0 Å². The van der Waals surface area contributed by atoms with E-state index in [1.165, 1.54) is 11.3 Å². The lowest BCUT2D eigenvalue weighted by molar-refractivity contribution is 0.103. The minimum Gasteiger partial charge on any atom is -0.383 e. The van der Waals surface area contributed by atoms with Crippen LogP contribution in [0.15, 0.2) is 35.8 Å². The molecule has 0 saturated heterocycles. The molecule has 2 heterocycles. The number of halogens is 1. The van der Waals surface area contributed by atoms with Crippen LogP contribution in [0.5, 0.6) is 0 Å². The van der Waals surface area contributed by atoms with Crippen molar-refractivity contribution in [1.29, 1.82) is 0 Å². The number of aromatic nitrogens is 1. The molecule has 0 fully saturated rings. The number of nitrogens with zero attached hydrogens (tertiary/aromatic N) is 2. The molecule has 21 heavy (non-hydrogen) atoms. The maximum atomic E-state index is 11.9. The lowest BCUT2D eigenvalue weighted by Gasteiger charge is -2.17. The topological polar surface area (TPSA) is 54.5 Å². The molecule has 0 aliphatic carbocycles. The van der Waals surface area contributed by atoms with Crippen LogP contribution in [0.3, 0.4) is 0 Å². The van der Waals surface area contributed by atoms with Gasteiger partial charge in [0.15, 0.2) is 0 Å². The van der Waals surface area contributed by atoms with Crippen LogP contribution in [0.4, 0.5) is 11.5 Å². The molecule has 0 atom stereocenters. The van der Waals surface area contributed by atoms with Gasteiger partial charge in [-0.15, -0.1) is 23.7 Å². The molecule has 0 spiro atoms. The molecule has 0 bridgehead atoms. The van der Waals surface area contributed by atoms with Crippen molar-refractivity contribution in [3.8, 4) is 0 Å². The van der Waals surface area contributed by atoms with Crippen molar-refractivity contribution >= 4 is 41.2 Å². The molecule has 0 saturated carbocycles. The number of thiophene rings is 1. The summed E-state index contributed by atoms with van der Waals surface area (Å²) < 4.78 is 5.03. The standard InChI is InChI=1S/C14H17N3O2S.ClH/c1-17(7-8-19-2)13-6-5-11(10-15-13)16-14(18)12-4-3-9-20-12;/h3-6,9-10H,7-8H2,1-2H3,(H,16,18);1H. The Kier molecular flexibility index (Phi) is 7.14. The van der Waals surface area contributed by atoms with Gasteiger partial charge in [0.25, 0.3) is 5.91 Å². The van der Waals surface area contributed by atoms with E-state index in [0.29, 0.717) is 17.2 Å². The van der Waals surface area contributed by atoms with E-state index in [-0.39, 0.29) is 18.3 Å². The van der Waals surface area contributed by atoms with Gasteiger partial charge in [-0.3, -0.25) is 4.79 Å². The number of hydrogen-bond donors (Lipinski definition) is 1. The Morgan fingerprint density at radius 2 is 2.24 bits per heavy atom. The van der Waals surface area contributed by atoms with Gasteiger partial charge in [0.05, 0.1) is 23.4 Å². The average Bonchev–Trinajstić information content (AvgIpc) is 3.00. The van der Waals surface area contributed by atoms with Gasteiger partial charge in [-0.1, -0.05) is 6.07 Å². The number of carbonyl (C=O) groups is 1. The first-order valence-corrected chi connectivity index (χ1v) is 7.09. The fourth-order valence-corrected chi connectivity index (χ4v) is 2.25. The minimum atomic E-state index is -0.109. The highest BCUT2D eigenvalue weighted by Crippen LogP contribution is 2.15. The Labute approximate surface area is 134 Å².